The van der Waals surface area contributed by atoms with Crippen LogP contribution in [-0.4, -0.2) is 13.1 Å². The first-order valence-corrected chi connectivity index (χ1v) is 7.44. The zero-order valence-electron chi connectivity index (χ0n) is 11.5. The van der Waals surface area contributed by atoms with Gasteiger partial charge in [0.25, 0.3) is 0 Å². The first kappa shape index (κ1) is 14.3. The Kier molecular flexibility index (Phi) is 5.17. The first-order valence-electron chi connectivity index (χ1n) is 6.64. The molecule has 2 heteroatoms. The molecule has 0 saturated carbocycles. The minimum absolute atomic E-state index is 0.469. The van der Waals surface area contributed by atoms with Crippen LogP contribution in [0.1, 0.15) is 16.7 Å². The predicted octanol–water partition coefficient (Wildman–Crippen LogP) is 4.13. The van der Waals surface area contributed by atoms with Crippen molar-refractivity contribution in [3.05, 3.63) is 69.7 Å². The second-order valence-electron chi connectivity index (χ2n) is 5.01. The summed E-state index contributed by atoms with van der Waals surface area (Å²) in [7, 11) is 2.04. The lowest BCUT2D eigenvalue weighted by Gasteiger charge is -2.17. The number of hydrogen-bond donors (Lipinski definition) is 1. The molecule has 19 heavy (non-hydrogen) atoms. The van der Waals surface area contributed by atoms with Crippen LogP contribution in [0.15, 0.2) is 53.0 Å². The van der Waals surface area contributed by atoms with Crippen molar-refractivity contribution in [2.24, 2.45) is 0 Å². The monoisotopic (exact) mass is 317 g/mol. The summed E-state index contributed by atoms with van der Waals surface area (Å²) in [5, 5.41) is 3.42. The molecule has 0 saturated heterocycles. The minimum atomic E-state index is 0.469. The highest BCUT2D eigenvalue weighted by Crippen LogP contribution is 2.15. The van der Waals surface area contributed by atoms with Crippen LogP contribution in [0.5, 0.6) is 0 Å². The van der Waals surface area contributed by atoms with Gasteiger partial charge in [-0.25, -0.2) is 0 Å². The Morgan fingerprint density at radius 1 is 1.00 bits per heavy atom. The van der Waals surface area contributed by atoms with Gasteiger partial charge in [-0.2, -0.15) is 0 Å². The highest BCUT2D eigenvalue weighted by atomic mass is 79.9. The maximum absolute atomic E-state index is 3.53. The molecule has 0 radical (unpaired) electrons. The Morgan fingerprint density at radius 2 is 1.63 bits per heavy atom. The molecule has 0 aliphatic heterocycles. The summed E-state index contributed by atoms with van der Waals surface area (Å²) in [6, 6.07) is 17.8. The molecule has 1 nitrogen and oxygen atoms in total. The fraction of sp³-hybridized carbons (Fsp3) is 0.294. The first-order chi connectivity index (χ1) is 9.17. The van der Waals surface area contributed by atoms with E-state index < -0.39 is 0 Å². The van der Waals surface area contributed by atoms with Crippen molar-refractivity contribution in [2.45, 2.75) is 25.8 Å². The van der Waals surface area contributed by atoms with Gasteiger partial charge >= 0.3 is 0 Å². The second-order valence-corrected chi connectivity index (χ2v) is 5.93. The Labute approximate surface area is 124 Å². The Hall–Kier alpha value is -1.12. The van der Waals surface area contributed by atoms with E-state index >= 15 is 0 Å². The normalized spacial score (nSPS) is 12.4. The van der Waals surface area contributed by atoms with Gasteiger partial charge in [-0.1, -0.05) is 57.9 Å². The average Bonchev–Trinajstić information content (AvgIpc) is 2.38. The van der Waals surface area contributed by atoms with E-state index in [1.165, 1.54) is 16.7 Å². The third-order valence-corrected chi connectivity index (χ3v) is 3.84. The molecule has 0 aromatic heterocycles. The molecule has 100 valence electrons. The molecule has 0 aliphatic rings. The number of aryl methyl sites for hydroxylation is 1. The van der Waals surface area contributed by atoms with Crippen molar-refractivity contribution >= 4 is 15.9 Å². The van der Waals surface area contributed by atoms with Gasteiger partial charge in [0.1, 0.15) is 0 Å². The number of nitrogens with one attached hydrogen (secondary N) is 1. The molecule has 1 atom stereocenters. The molecule has 0 fully saturated rings. The van der Waals surface area contributed by atoms with Gasteiger partial charge in [0.05, 0.1) is 0 Å². The zero-order chi connectivity index (χ0) is 13.7. The van der Waals surface area contributed by atoms with E-state index in [2.05, 4.69) is 76.7 Å². The lowest BCUT2D eigenvalue weighted by atomic mass is 9.98. The van der Waals surface area contributed by atoms with Crippen molar-refractivity contribution in [1.29, 1.82) is 0 Å². The van der Waals surface area contributed by atoms with Crippen molar-refractivity contribution < 1.29 is 0 Å². The average molecular weight is 318 g/mol. The van der Waals surface area contributed by atoms with E-state index in [1.807, 2.05) is 7.05 Å². The van der Waals surface area contributed by atoms with Crippen LogP contribution >= 0.6 is 15.9 Å². The zero-order valence-corrected chi connectivity index (χ0v) is 13.1. The van der Waals surface area contributed by atoms with Crippen LogP contribution < -0.4 is 5.32 Å². The summed E-state index contributed by atoms with van der Waals surface area (Å²) < 4.78 is 1.15. The maximum Gasteiger partial charge on any atom is 0.0178 e. The molecule has 2 rings (SSSR count). The van der Waals surface area contributed by atoms with E-state index in [1.54, 1.807) is 0 Å². The van der Waals surface area contributed by atoms with Crippen LogP contribution in [0, 0.1) is 6.92 Å². The minimum Gasteiger partial charge on any atom is -0.316 e. The van der Waals surface area contributed by atoms with Crippen molar-refractivity contribution in [3.8, 4) is 0 Å². The highest BCUT2D eigenvalue weighted by Gasteiger charge is 2.08. The van der Waals surface area contributed by atoms with Gasteiger partial charge in [-0.15, -0.1) is 0 Å². The largest absolute Gasteiger partial charge is 0.316 e. The number of halogens is 1. The molecular weight excluding hydrogens is 298 g/mol. The Morgan fingerprint density at radius 3 is 2.21 bits per heavy atom. The Bertz CT molecular complexity index is 489. The summed E-state index contributed by atoms with van der Waals surface area (Å²) in [5.41, 5.74) is 4.09. The van der Waals surface area contributed by atoms with Gasteiger partial charge in [0, 0.05) is 10.5 Å². The van der Waals surface area contributed by atoms with E-state index in [-0.39, 0.29) is 0 Å². The van der Waals surface area contributed by atoms with Gasteiger partial charge in [-0.05, 0) is 50.1 Å². The topological polar surface area (TPSA) is 12.0 Å². The number of hydrogen-bond acceptors (Lipinski definition) is 1. The molecule has 0 amide bonds. The third kappa shape index (κ3) is 4.48. The number of benzene rings is 2. The molecule has 1 unspecified atom stereocenters. The fourth-order valence-electron chi connectivity index (χ4n) is 2.35. The van der Waals surface area contributed by atoms with Crippen LogP contribution in [0.4, 0.5) is 0 Å². The summed E-state index contributed by atoms with van der Waals surface area (Å²) in [4.78, 5) is 0. The van der Waals surface area contributed by atoms with Crippen LogP contribution in [0.3, 0.4) is 0 Å². The molecule has 2 aromatic carbocycles. The highest BCUT2D eigenvalue weighted by molar-refractivity contribution is 9.10. The smallest absolute Gasteiger partial charge is 0.0178 e. The molecule has 1 N–H and O–H groups in total. The lowest BCUT2D eigenvalue weighted by molar-refractivity contribution is 0.556. The predicted molar refractivity (Wildman–Crippen MR) is 85.6 cm³/mol. The Balaban J connectivity index is 2.04. The molecule has 2 aromatic rings. The molecule has 0 bridgehead atoms. The van der Waals surface area contributed by atoms with Crippen LogP contribution in [0.25, 0.3) is 0 Å². The number of rotatable bonds is 5. The van der Waals surface area contributed by atoms with Gasteiger partial charge in [0.2, 0.25) is 0 Å². The SMILES string of the molecule is CNC(Cc1cccc(C)c1)Cc1cccc(Br)c1. The fourth-order valence-corrected chi connectivity index (χ4v) is 2.80. The molecule has 0 spiro atoms. The molecule has 0 aliphatic carbocycles. The van der Waals surface area contributed by atoms with Crippen molar-refractivity contribution in [1.82, 2.24) is 5.32 Å². The maximum atomic E-state index is 3.53. The summed E-state index contributed by atoms with van der Waals surface area (Å²) in [5.74, 6) is 0. The summed E-state index contributed by atoms with van der Waals surface area (Å²) in [6.07, 6.45) is 2.11. The second kappa shape index (κ2) is 6.88. The van der Waals surface area contributed by atoms with E-state index in [4.69, 9.17) is 0 Å². The third-order valence-electron chi connectivity index (χ3n) is 3.34. The van der Waals surface area contributed by atoms with E-state index in [0.29, 0.717) is 6.04 Å². The molecular formula is C17H20BrN. The van der Waals surface area contributed by atoms with Gasteiger partial charge in [-0.3, -0.25) is 0 Å². The van der Waals surface area contributed by atoms with Crippen molar-refractivity contribution in [3.63, 3.8) is 0 Å². The number of likely N-dealkylation sites (N-methyl/N-ethyl adjacent to an activating group) is 1. The quantitative estimate of drug-likeness (QED) is 0.874. The van der Waals surface area contributed by atoms with Crippen LogP contribution in [0.2, 0.25) is 0 Å². The molecule has 0 heterocycles. The van der Waals surface area contributed by atoms with Gasteiger partial charge in [0.15, 0.2) is 0 Å². The summed E-state index contributed by atoms with van der Waals surface area (Å²) in [6.45, 7) is 2.15. The summed E-state index contributed by atoms with van der Waals surface area (Å²) >= 11 is 3.53. The van der Waals surface area contributed by atoms with Crippen LogP contribution in [-0.2, 0) is 12.8 Å². The van der Waals surface area contributed by atoms with E-state index in [0.717, 1.165) is 17.3 Å². The van der Waals surface area contributed by atoms with Crippen molar-refractivity contribution in [2.75, 3.05) is 7.05 Å². The standard InChI is InChI=1S/C17H20BrN/c1-13-5-3-6-14(9-13)11-17(19-2)12-15-7-4-8-16(18)10-15/h3-10,17,19H,11-12H2,1-2H3. The van der Waals surface area contributed by atoms with Gasteiger partial charge < -0.3 is 5.32 Å². The van der Waals surface area contributed by atoms with E-state index in [9.17, 15) is 0 Å². The lowest BCUT2D eigenvalue weighted by Crippen LogP contribution is -2.29.